The van der Waals surface area contributed by atoms with Crippen molar-refractivity contribution in [2.45, 2.75) is 6.92 Å². The average molecular weight is 243 g/mol. The second-order valence-corrected chi connectivity index (χ2v) is 4.18. The minimum Gasteiger partial charge on any atom is -0.354 e. The van der Waals surface area contributed by atoms with Gasteiger partial charge in [-0.25, -0.2) is 0 Å². The van der Waals surface area contributed by atoms with Crippen LogP contribution < -0.4 is 5.32 Å². The van der Waals surface area contributed by atoms with Crippen LogP contribution in [0.5, 0.6) is 0 Å². The van der Waals surface area contributed by atoms with Crippen LogP contribution in [-0.4, -0.2) is 0 Å². The Balaban J connectivity index is 2.35. The SMILES string of the molecule is Cc1cc(Cl)ccc1Nc1ccccc1C#N. The highest BCUT2D eigenvalue weighted by atomic mass is 35.5. The lowest BCUT2D eigenvalue weighted by atomic mass is 10.1. The first-order valence-corrected chi connectivity index (χ1v) is 5.61. The molecule has 0 saturated carbocycles. The smallest absolute Gasteiger partial charge is 0.101 e. The molecule has 0 aromatic heterocycles. The van der Waals surface area contributed by atoms with E-state index >= 15 is 0 Å². The molecule has 84 valence electrons. The molecule has 2 rings (SSSR count). The Morgan fingerprint density at radius 2 is 1.88 bits per heavy atom. The van der Waals surface area contributed by atoms with Crippen LogP contribution in [0.25, 0.3) is 0 Å². The van der Waals surface area contributed by atoms with Crippen molar-refractivity contribution in [2.75, 3.05) is 5.32 Å². The van der Waals surface area contributed by atoms with Gasteiger partial charge in [0.15, 0.2) is 0 Å². The molecule has 0 spiro atoms. The molecule has 0 saturated heterocycles. The first-order chi connectivity index (χ1) is 8.20. The van der Waals surface area contributed by atoms with E-state index in [9.17, 15) is 0 Å². The molecule has 0 fully saturated rings. The van der Waals surface area contributed by atoms with Gasteiger partial charge in [0.1, 0.15) is 6.07 Å². The van der Waals surface area contributed by atoms with Gasteiger partial charge in [0.2, 0.25) is 0 Å². The number of hydrogen-bond acceptors (Lipinski definition) is 2. The number of para-hydroxylation sites is 1. The molecular formula is C14H11ClN2. The van der Waals surface area contributed by atoms with Crippen molar-refractivity contribution < 1.29 is 0 Å². The van der Waals surface area contributed by atoms with Crippen LogP contribution in [0.3, 0.4) is 0 Å². The third kappa shape index (κ3) is 2.58. The molecule has 2 nitrogen and oxygen atoms in total. The predicted molar refractivity (Wildman–Crippen MR) is 70.6 cm³/mol. The molecule has 3 heteroatoms. The Morgan fingerprint density at radius 1 is 1.12 bits per heavy atom. The standard InChI is InChI=1S/C14H11ClN2/c1-10-8-12(15)6-7-13(10)17-14-5-3-2-4-11(14)9-16/h2-8,17H,1H3. The van der Waals surface area contributed by atoms with Gasteiger partial charge in [-0.05, 0) is 42.8 Å². The van der Waals surface area contributed by atoms with E-state index in [0.717, 1.165) is 16.9 Å². The van der Waals surface area contributed by atoms with E-state index in [1.807, 2.05) is 43.3 Å². The van der Waals surface area contributed by atoms with Gasteiger partial charge in [-0.2, -0.15) is 5.26 Å². The lowest BCUT2D eigenvalue weighted by Gasteiger charge is -2.10. The molecule has 0 aliphatic rings. The summed E-state index contributed by atoms with van der Waals surface area (Å²) in [5.41, 5.74) is 3.43. The van der Waals surface area contributed by atoms with Crippen molar-refractivity contribution in [3.05, 3.63) is 58.6 Å². The third-order valence-corrected chi connectivity index (χ3v) is 2.74. The molecule has 1 N–H and O–H groups in total. The maximum Gasteiger partial charge on any atom is 0.101 e. The molecule has 0 atom stereocenters. The van der Waals surface area contributed by atoms with E-state index in [1.165, 1.54) is 0 Å². The third-order valence-electron chi connectivity index (χ3n) is 2.51. The van der Waals surface area contributed by atoms with Crippen molar-refractivity contribution in [1.82, 2.24) is 0 Å². The van der Waals surface area contributed by atoms with E-state index < -0.39 is 0 Å². The number of nitrogens with zero attached hydrogens (tertiary/aromatic N) is 1. The topological polar surface area (TPSA) is 35.8 Å². The molecule has 0 heterocycles. The number of anilines is 2. The summed E-state index contributed by atoms with van der Waals surface area (Å²) in [6, 6.07) is 15.2. The van der Waals surface area contributed by atoms with Crippen LogP contribution in [0.15, 0.2) is 42.5 Å². The number of hydrogen-bond donors (Lipinski definition) is 1. The number of halogens is 1. The highest BCUT2D eigenvalue weighted by Crippen LogP contribution is 2.25. The van der Waals surface area contributed by atoms with Crippen molar-refractivity contribution >= 4 is 23.0 Å². The molecule has 17 heavy (non-hydrogen) atoms. The second-order valence-electron chi connectivity index (χ2n) is 3.74. The molecule has 0 unspecified atom stereocenters. The Morgan fingerprint density at radius 3 is 2.59 bits per heavy atom. The van der Waals surface area contributed by atoms with E-state index in [4.69, 9.17) is 16.9 Å². The number of nitrogens with one attached hydrogen (secondary N) is 1. The normalized spacial score (nSPS) is 9.71. The van der Waals surface area contributed by atoms with Gasteiger partial charge < -0.3 is 5.32 Å². The molecule has 2 aromatic carbocycles. The zero-order chi connectivity index (χ0) is 12.3. The summed E-state index contributed by atoms with van der Waals surface area (Å²) >= 11 is 5.90. The summed E-state index contributed by atoms with van der Waals surface area (Å²) in [5.74, 6) is 0. The van der Waals surface area contributed by atoms with Gasteiger partial charge in [0, 0.05) is 10.7 Å². The van der Waals surface area contributed by atoms with Gasteiger partial charge in [0.25, 0.3) is 0 Å². The predicted octanol–water partition coefficient (Wildman–Crippen LogP) is 4.26. The molecule has 0 aliphatic heterocycles. The Kier molecular flexibility index (Phi) is 3.32. The minimum atomic E-state index is 0.627. The Labute approximate surface area is 105 Å². The van der Waals surface area contributed by atoms with Crippen LogP contribution in [-0.2, 0) is 0 Å². The molecule has 0 amide bonds. The average Bonchev–Trinajstić information content (AvgIpc) is 2.33. The van der Waals surface area contributed by atoms with E-state index in [-0.39, 0.29) is 0 Å². The van der Waals surface area contributed by atoms with Gasteiger partial charge in [-0.3, -0.25) is 0 Å². The van der Waals surface area contributed by atoms with Crippen molar-refractivity contribution in [1.29, 1.82) is 5.26 Å². The maximum atomic E-state index is 9.00. The maximum absolute atomic E-state index is 9.00. The van der Waals surface area contributed by atoms with Crippen molar-refractivity contribution in [3.8, 4) is 6.07 Å². The van der Waals surface area contributed by atoms with Gasteiger partial charge in [-0.1, -0.05) is 23.7 Å². The summed E-state index contributed by atoms with van der Waals surface area (Å²) < 4.78 is 0. The van der Waals surface area contributed by atoms with E-state index in [0.29, 0.717) is 10.6 Å². The minimum absolute atomic E-state index is 0.627. The van der Waals surface area contributed by atoms with Gasteiger partial charge in [-0.15, -0.1) is 0 Å². The quantitative estimate of drug-likeness (QED) is 0.854. The summed E-state index contributed by atoms with van der Waals surface area (Å²) in [6.45, 7) is 1.98. The number of benzene rings is 2. The fourth-order valence-electron chi connectivity index (χ4n) is 1.60. The summed E-state index contributed by atoms with van der Waals surface area (Å²) in [4.78, 5) is 0. The number of rotatable bonds is 2. The fraction of sp³-hybridized carbons (Fsp3) is 0.0714. The van der Waals surface area contributed by atoms with E-state index in [1.54, 1.807) is 6.07 Å². The molecule has 2 aromatic rings. The molecule has 0 aliphatic carbocycles. The molecule has 0 radical (unpaired) electrons. The first kappa shape index (κ1) is 11.5. The van der Waals surface area contributed by atoms with E-state index in [2.05, 4.69) is 11.4 Å². The zero-order valence-corrected chi connectivity index (χ0v) is 10.1. The summed E-state index contributed by atoms with van der Waals surface area (Å²) in [5, 5.41) is 12.9. The molecule has 0 bridgehead atoms. The molecular weight excluding hydrogens is 232 g/mol. The van der Waals surface area contributed by atoms with Crippen molar-refractivity contribution in [3.63, 3.8) is 0 Å². The van der Waals surface area contributed by atoms with Crippen molar-refractivity contribution in [2.24, 2.45) is 0 Å². The lowest BCUT2D eigenvalue weighted by Crippen LogP contribution is -1.95. The highest BCUT2D eigenvalue weighted by molar-refractivity contribution is 6.30. The van der Waals surface area contributed by atoms with Gasteiger partial charge in [0.05, 0.1) is 11.3 Å². The lowest BCUT2D eigenvalue weighted by molar-refractivity contribution is 1.41. The Bertz CT molecular complexity index is 585. The van der Waals surface area contributed by atoms with Gasteiger partial charge >= 0.3 is 0 Å². The van der Waals surface area contributed by atoms with Crippen LogP contribution in [0.4, 0.5) is 11.4 Å². The zero-order valence-electron chi connectivity index (χ0n) is 9.37. The summed E-state index contributed by atoms with van der Waals surface area (Å²) in [6.07, 6.45) is 0. The largest absolute Gasteiger partial charge is 0.354 e. The Hall–Kier alpha value is -1.98. The highest BCUT2D eigenvalue weighted by Gasteiger charge is 2.03. The second kappa shape index (κ2) is 4.90. The van der Waals surface area contributed by atoms with Crippen LogP contribution >= 0.6 is 11.6 Å². The fourth-order valence-corrected chi connectivity index (χ4v) is 1.83. The summed E-state index contributed by atoms with van der Waals surface area (Å²) in [7, 11) is 0. The number of nitriles is 1. The number of aryl methyl sites for hydroxylation is 1. The monoisotopic (exact) mass is 242 g/mol. The van der Waals surface area contributed by atoms with Crippen LogP contribution in [0.2, 0.25) is 5.02 Å². The first-order valence-electron chi connectivity index (χ1n) is 5.23. The van der Waals surface area contributed by atoms with Crippen LogP contribution in [0.1, 0.15) is 11.1 Å². The van der Waals surface area contributed by atoms with Crippen LogP contribution in [0, 0.1) is 18.3 Å².